The lowest BCUT2D eigenvalue weighted by Crippen LogP contribution is -2.07. The summed E-state index contributed by atoms with van der Waals surface area (Å²) in [6.45, 7) is 0. The molecule has 0 amide bonds. The Hall–Kier alpha value is -2.10. The SMILES string of the molecule is OC1=C(O)C(c2cccc(O)c2O)CC=C1. The number of hydrogen-bond donors (Lipinski definition) is 4. The van der Waals surface area contributed by atoms with Crippen LogP contribution in [0, 0.1) is 0 Å². The van der Waals surface area contributed by atoms with Crippen LogP contribution in [0.1, 0.15) is 17.9 Å². The van der Waals surface area contributed by atoms with Crippen molar-refractivity contribution in [1.29, 1.82) is 0 Å². The lowest BCUT2D eigenvalue weighted by atomic mass is 9.89. The Morgan fingerprint density at radius 1 is 1.06 bits per heavy atom. The summed E-state index contributed by atoms with van der Waals surface area (Å²) in [7, 11) is 0. The molecule has 4 nitrogen and oxygen atoms in total. The molecule has 0 aliphatic heterocycles. The van der Waals surface area contributed by atoms with E-state index in [4.69, 9.17) is 0 Å². The minimum Gasteiger partial charge on any atom is -0.508 e. The van der Waals surface area contributed by atoms with Crippen LogP contribution in [-0.2, 0) is 0 Å². The van der Waals surface area contributed by atoms with E-state index in [-0.39, 0.29) is 23.0 Å². The van der Waals surface area contributed by atoms with E-state index >= 15 is 0 Å². The quantitative estimate of drug-likeness (QED) is 0.548. The van der Waals surface area contributed by atoms with Gasteiger partial charge in [-0.15, -0.1) is 0 Å². The van der Waals surface area contributed by atoms with E-state index < -0.39 is 5.92 Å². The zero-order valence-electron chi connectivity index (χ0n) is 8.46. The Balaban J connectivity index is 2.46. The normalized spacial score (nSPS) is 20.1. The van der Waals surface area contributed by atoms with Gasteiger partial charge in [0, 0.05) is 5.56 Å². The lowest BCUT2D eigenvalue weighted by molar-refractivity contribution is 0.300. The largest absolute Gasteiger partial charge is 0.508 e. The first-order valence-corrected chi connectivity index (χ1v) is 4.90. The molecule has 4 heteroatoms. The van der Waals surface area contributed by atoms with Crippen LogP contribution in [0.4, 0.5) is 0 Å². The lowest BCUT2D eigenvalue weighted by Gasteiger charge is -2.20. The van der Waals surface area contributed by atoms with Gasteiger partial charge >= 0.3 is 0 Å². The molecule has 84 valence electrons. The highest BCUT2D eigenvalue weighted by molar-refractivity contribution is 5.49. The van der Waals surface area contributed by atoms with Gasteiger partial charge in [0.25, 0.3) is 0 Å². The van der Waals surface area contributed by atoms with Gasteiger partial charge in [-0.1, -0.05) is 18.2 Å². The van der Waals surface area contributed by atoms with E-state index in [9.17, 15) is 20.4 Å². The summed E-state index contributed by atoms with van der Waals surface area (Å²) >= 11 is 0. The Labute approximate surface area is 92.4 Å². The van der Waals surface area contributed by atoms with Gasteiger partial charge < -0.3 is 20.4 Å². The van der Waals surface area contributed by atoms with Crippen LogP contribution in [-0.4, -0.2) is 20.4 Å². The molecule has 1 atom stereocenters. The predicted molar refractivity (Wildman–Crippen MR) is 58.6 cm³/mol. The molecule has 0 spiro atoms. The highest BCUT2D eigenvalue weighted by Gasteiger charge is 2.24. The molecule has 2 rings (SSSR count). The fourth-order valence-electron chi connectivity index (χ4n) is 1.80. The molecule has 0 saturated carbocycles. The van der Waals surface area contributed by atoms with E-state index in [0.717, 1.165) is 0 Å². The molecular weight excluding hydrogens is 208 g/mol. The number of aromatic hydroxyl groups is 2. The van der Waals surface area contributed by atoms with Crippen molar-refractivity contribution in [2.75, 3.05) is 0 Å². The number of benzene rings is 1. The van der Waals surface area contributed by atoms with E-state index in [1.807, 2.05) is 0 Å². The van der Waals surface area contributed by atoms with Gasteiger partial charge in [-0.05, 0) is 18.6 Å². The van der Waals surface area contributed by atoms with Gasteiger partial charge in [-0.2, -0.15) is 0 Å². The summed E-state index contributed by atoms with van der Waals surface area (Å²) in [6.07, 6.45) is 3.57. The van der Waals surface area contributed by atoms with Crippen molar-refractivity contribution in [2.45, 2.75) is 12.3 Å². The summed E-state index contributed by atoms with van der Waals surface area (Å²) in [6, 6.07) is 4.54. The monoisotopic (exact) mass is 220 g/mol. The molecule has 0 heterocycles. The standard InChI is InChI=1S/C12H12O4/c13-9-5-1-3-7(11(9)15)8-4-2-6-10(14)12(8)16/h1-3,5-6,8,13-16H,4H2. The summed E-state index contributed by atoms with van der Waals surface area (Å²) in [5, 5.41) is 38.1. The average molecular weight is 220 g/mol. The molecule has 4 N–H and O–H groups in total. The number of aliphatic hydroxyl groups excluding tert-OH is 2. The number of aliphatic hydroxyl groups is 2. The Kier molecular flexibility index (Phi) is 2.48. The highest BCUT2D eigenvalue weighted by Crippen LogP contribution is 2.40. The van der Waals surface area contributed by atoms with E-state index in [1.54, 1.807) is 18.2 Å². The van der Waals surface area contributed by atoms with Crippen molar-refractivity contribution < 1.29 is 20.4 Å². The van der Waals surface area contributed by atoms with E-state index in [2.05, 4.69) is 0 Å². The first-order chi connectivity index (χ1) is 7.61. The number of phenols is 2. The highest BCUT2D eigenvalue weighted by atomic mass is 16.3. The summed E-state index contributed by atoms with van der Waals surface area (Å²) in [4.78, 5) is 0. The van der Waals surface area contributed by atoms with Crippen molar-refractivity contribution in [1.82, 2.24) is 0 Å². The molecule has 1 aromatic rings. The smallest absolute Gasteiger partial charge is 0.161 e. The van der Waals surface area contributed by atoms with Crippen molar-refractivity contribution in [3.05, 3.63) is 47.4 Å². The second-order valence-electron chi connectivity index (χ2n) is 3.68. The maximum Gasteiger partial charge on any atom is 0.161 e. The van der Waals surface area contributed by atoms with Crippen LogP contribution >= 0.6 is 0 Å². The number of rotatable bonds is 1. The molecule has 0 radical (unpaired) electrons. The second kappa shape index (κ2) is 3.81. The van der Waals surface area contributed by atoms with E-state index in [1.165, 1.54) is 12.1 Å². The third kappa shape index (κ3) is 1.58. The maximum absolute atomic E-state index is 9.69. The Morgan fingerprint density at radius 3 is 2.56 bits per heavy atom. The molecule has 1 aliphatic carbocycles. The van der Waals surface area contributed by atoms with Gasteiger partial charge in [-0.3, -0.25) is 0 Å². The topological polar surface area (TPSA) is 80.9 Å². The van der Waals surface area contributed by atoms with Gasteiger partial charge in [0.2, 0.25) is 0 Å². The molecule has 0 fully saturated rings. The van der Waals surface area contributed by atoms with Gasteiger partial charge in [0.15, 0.2) is 17.3 Å². The number of phenolic OH excluding ortho intramolecular Hbond substituents is 2. The third-order valence-corrected chi connectivity index (χ3v) is 2.66. The molecule has 1 unspecified atom stereocenters. The first-order valence-electron chi connectivity index (χ1n) is 4.90. The zero-order valence-corrected chi connectivity index (χ0v) is 8.46. The minimum atomic E-state index is -0.517. The molecule has 0 saturated heterocycles. The van der Waals surface area contributed by atoms with Gasteiger partial charge in [-0.25, -0.2) is 0 Å². The molecule has 0 bridgehead atoms. The first kappa shape index (κ1) is 10.4. The number of hydrogen-bond acceptors (Lipinski definition) is 4. The van der Waals surface area contributed by atoms with Crippen LogP contribution < -0.4 is 0 Å². The van der Waals surface area contributed by atoms with Crippen LogP contribution in [0.25, 0.3) is 0 Å². The van der Waals surface area contributed by atoms with Gasteiger partial charge in [0.05, 0.1) is 5.92 Å². The van der Waals surface area contributed by atoms with Crippen LogP contribution in [0.2, 0.25) is 0 Å². The molecule has 16 heavy (non-hydrogen) atoms. The summed E-state index contributed by atoms with van der Waals surface area (Å²) in [5.41, 5.74) is 0.397. The van der Waals surface area contributed by atoms with Crippen molar-refractivity contribution >= 4 is 0 Å². The van der Waals surface area contributed by atoms with Crippen LogP contribution in [0.3, 0.4) is 0 Å². The fraction of sp³-hybridized carbons (Fsp3) is 0.167. The van der Waals surface area contributed by atoms with E-state index in [0.29, 0.717) is 12.0 Å². The third-order valence-electron chi connectivity index (χ3n) is 2.66. The predicted octanol–water partition coefficient (Wildman–Crippen LogP) is 2.47. The maximum atomic E-state index is 9.69. The Bertz CT molecular complexity index is 474. The molecule has 0 aromatic heterocycles. The summed E-state index contributed by atoms with van der Waals surface area (Å²) < 4.78 is 0. The average Bonchev–Trinajstić information content (AvgIpc) is 2.27. The van der Waals surface area contributed by atoms with Crippen molar-refractivity contribution in [3.63, 3.8) is 0 Å². The zero-order chi connectivity index (χ0) is 11.7. The van der Waals surface area contributed by atoms with Crippen LogP contribution in [0.15, 0.2) is 41.9 Å². The number of para-hydroxylation sites is 1. The molecule has 1 aromatic carbocycles. The Morgan fingerprint density at radius 2 is 1.81 bits per heavy atom. The fourth-order valence-corrected chi connectivity index (χ4v) is 1.80. The van der Waals surface area contributed by atoms with Crippen LogP contribution in [0.5, 0.6) is 11.5 Å². The summed E-state index contributed by atoms with van der Waals surface area (Å²) in [5.74, 6) is -1.42. The van der Waals surface area contributed by atoms with Crippen molar-refractivity contribution in [3.8, 4) is 11.5 Å². The molecular formula is C12H12O4. The van der Waals surface area contributed by atoms with Crippen molar-refractivity contribution in [2.24, 2.45) is 0 Å². The van der Waals surface area contributed by atoms with Gasteiger partial charge in [0.1, 0.15) is 5.76 Å². The molecule has 1 aliphatic rings. The second-order valence-corrected chi connectivity index (χ2v) is 3.68. The number of allylic oxidation sites excluding steroid dienone is 3. The minimum absolute atomic E-state index is 0.191.